The Morgan fingerprint density at radius 1 is 1.14 bits per heavy atom. The molecule has 2 aromatic rings. The van der Waals surface area contributed by atoms with Crippen molar-refractivity contribution in [3.8, 4) is 0 Å². The summed E-state index contributed by atoms with van der Waals surface area (Å²) in [5.41, 5.74) is 4.55. The summed E-state index contributed by atoms with van der Waals surface area (Å²) in [6, 6.07) is 7.12. The molecule has 4 heterocycles. The lowest BCUT2D eigenvalue weighted by atomic mass is 9.77. The number of aliphatic hydroxyl groups is 1. The van der Waals surface area contributed by atoms with Crippen LogP contribution in [0.25, 0.3) is 0 Å². The molecule has 1 unspecified atom stereocenters. The van der Waals surface area contributed by atoms with E-state index in [1.54, 1.807) is 25.3 Å². The highest BCUT2D eigenvalue weighted by molar-refractivity contribution is 7.91. The number of sulfone groups is 1. The third kappa shape index (κ3) is 4.57. The van der Waals surface area contributed by atoms with E-state index in [9.17, 15) is 18.3 Å². The van der Waals surface area contributed by atoms with Crippen LogP contribution in [0.1, 0.15) is 59.3 Å². The molecule has 5 rings (SSSR count). The second-order valence-electron chi connectivity index (χ2n) is 10.1. The zero-order valence-corrected chi connectivity index (χ0v) is 21.2. The first-order valence-corrected chi connectivity index (χ1v) is 14.0. The first kappa shape index (κ1) is 24.2. The quantitative estimate of drug-likeness (QED) is 0.606. The smallest absolute Gasteiger partial charge is 0.338 e. The summed E-state index contributed by atoms with van der Waals surface area (Å²) in [5.74, 6) is -0.230. The minimum atomic E-state index is -3.29. The van der Waals surface area contributed by atoms with Gasteiger partial charge in [-0.25, -0.2) is 18.2 Å². The highest BCUT2D eigenvalue weighted by Crippen LogP contribution is 2.42. The number of rotatable bonds is 6. The molecular weight excluding hydrogens is 466 g/mol. The lowest BCUT2D eigenvalue weighted by Crippen LogP contribution is -2.43. The number of nitrogens with zero attached hydrogens (tertiary/aromatic N) is 3. The van der Waals surface area contributed by atoms with E-state index in [1.165, 1.54) is 0 Å². The molecule has 0 bridgehead atoms. The number of pyridine rings is 1. The Labute approximate surface area is 206 Å². The van der Waals surface area contributed by atoms with E-state index in [1.807, 2.05) is 19.1 Å². The minimum absolute atomic E-state index is 0.0531. The van der Waals surface area contributed by atoms with Crippen LogP contribution in [0, 0.1) is 12.3 Å². The van der Waals surface area contributed by atoms with Gasteiger partial charge in [0.1, 0.15) is 6.61 Å². The van der Waals surface area contributed by atoms with Gasteiger partial charge >= 0.3 is 5.97 Å². The number of likely N-dealkylation sites (tertiary alicyclic amines) is 1. The number of anilines is 1. The summed E-state index contributed by atoms with van der Waals surface area (Å²) in [6.45, 7) is 8.20. The number of esters is 1. The van der Waals surface area contributed by atoms with Gasteiger partial charge in [-0.3, -0.25) is 0 Å². The number of ether oxygens (including phenoxy) is 1. The molecule has 188 valence electrons. The maximum Gasteiger partial charge on any atom is 0.338 e. The molecule has 8 nitrogen and oxygen atoms in total. The molecule has 1 N–H and O–H groups in total. The van der Waals surface area contributed by atoms with Crippen LogP contribution in [-0.4, -0.2) is 67.9 Å². The molecule has 0 saturated carbocycles. The van der Waals surface area contributed by atoms with Crippen LogP contribution in [0.2, 0.25) is 0 Å². The van der Waals surface area contributed by atoms with Crippen LogP contribution in [-0.2, 0) is 21.2 Å². The Balaban J connectivity index is 1.18. The summed E-state index contributed by atoms with van der Waals surface area (Å²) >= 11 is 0. The monoisotopic (exact) mass is 499 g/mol. The molecule has 0 amide bonds. The Bertz CT molecular complexity index is 1220. The molecular formula is C26H33N3O5S. The fourth-order valence-electron chi connectivity index (χ4n) is 5.74. The number of carbonyl (C=O) groups excluding carboxylic acids is 1. The third-order valence-corrected chi connectivity index (χ3v) is 9.78. The van der Waals surface area contributed by atoms with Gasteiger partial charge in [-0.2, -0.15) is 0 Å². The number of aliphatic hydroxyl groups excluding tert-OH is 1. The molecule has 2 saturated heterocycles. The Morgan fingerprint density at radius 3 is 2.57 bits per heavy atom. The van der Waals surface area contributed by atoms with E-state index in [0.717, 1.165) is 67.8 Å². The van der Waals surface area contributed by atoms with Crippen molar-refractivity contribution in [3.05, 3.63) is 52.7 Å². The number of aromatic nitrogens is 1. The van der Waals surface area contributed by atoms with Crippen molar-refractivity contribution in [2.45, 2.75) is 50.8 Å². The van der Waals surface area contributed by atoms with Crippen molar-refractivity contribution < 1.29 is 23.1 Å². The zero-order chi connectivity index (χ0) is 24.8. The molecule has 1 aromatic heterocycles. The Morgan fingerprint density at radius 2 is 1.89 bits per heavy atom. The number of benzene rings is 1. The van der Waals surface area contributed by atoms with Crippen LogP contribution in [0.4, 0.5) is 5.69 Å². The third-order valence-electron chi connectivity index (χ3n) is 8.14. The minimum Gasteiger partial charge on any atom is -0.457 e. The maximum atomic E-state index is 12.0. The molecule has 1 aromatic carbocycles. The number of hydrogen-bond donors (Lipinski definition) is 1. The molecule has 0 radical (unpaired) electrons. The number of carbonyl (C=O) groups is 1. The maximum absolute atomic E-state index is 12.0. The molecule has 35 heavy (non-hydrogen) atoms. The molecule has 3 aliphatic heterocycles. The Hall–Kier alpha value is -2.49. The van der Waals surface area contributed by atoms with Gasteiger partial charge in [0, 0.05) is 25.2 Å². The average Bonchev–Trinajstić information content (AvgIpc) is 3.45. The number of fused-ring (bicyclic) bond motifs is 1. The summed E-state index contributed by atoms with van der Waals surface area (Å²) in [7, 11) is -3.29. The second kappa shape index (κ2) is 9.19. The van der Waals surface area contributed by atoms with Gasteiger partial charge in [0.15, 0.2) is 14.9 Å². The highest BCUT2D eigenvalue weighted by atomic mass is 32.2. The number of β-amino-alcohol motifs (C(OH)–C–C–N with tert-alkyl or cyclic N) is 1. The van der Waals surface area contributed by atoms with E-state index in [4.69, 9.17) is 4.74 Å². The van der Waals surface area contributed by atoms with Crippen LogP contribution >= 0.6 is 0 Å². The Kier molecular flexibility index (Phi) is 6.35. The van der Waals surface area contributed by atoms with Crippen molar-refractivity contribution in [2.75, 3.05) is 43.4 Å². The van der Waals surface area contributed by atoms with Gasteiger partial charge in [-0.1, -0.05) is 13.0 Å². The lowest BCUT2D eigenvalue weighted by molar-refractivity contribution is 0.0534. The van der Waals surface area contributed by atoms with Crippen LogP contribution in [0.15, 0.2) is 35.5 Å². The van der Waals surface area contributed by atoms with Gasteiger partial charge in [0.25, 0.3) is 0 Å². The first-order chi connectivity index (χ1) is 16.7. The van der Waals surface area contributed by atoms with E-state index >= 15 is 0 Å². The average molecular weight is 500 g/mol. The highest BCUT2D eigenvalue weighted by Gasteiger charge is 2.41. The summed E-state index contributed by atoms with van der Waals surface area (Å²) in [4.78, 5) is 20.7. The van der Waals surface area contributed by atoms with Crippen molar-refractivity contribution >= 4 is 21.5 Å². The second-order valence-corrected chi connectivity index (χ2v) is 12.4. The van der Waals surface area contributed by atoms with Crippen LogP contribution < -0.4 is 4.90 Å². The van der Waals surface area contributed by atoms with Crippen molar-refractivity contribution in [1.82, 2.24) is 9.88 Å². The predicted octanol–water partition coefficient (Wildman–Crippen LogP) is 2.88. The van der Waals surface area contributed by atoms with Crippen LogP contribution in [0.3, 0.4) is 0 Å². The molecule has 3 aliphatic rings. The fraction of sp³-hybridized carbons (Fsp3) is 0.538. The van der Waals surface area contributed by atoms with E-state index in [-0.39, 0.29) is 28.8 Å². The van der Waals surface area contributed by atoms with E-state index in [2.05, 4.69) is 14.8 Å². The molecule has 2 fully saturated rings. The SMILES string of the molecule is CCS(=O)(=O)c1ccc(N2CCC3(CCN(CC(O)c4ccc5c(c4C)COC5=O)CC3)C2)cn1. The first-order valence-electron chi connectivity index (χ1n) is 12.3. The standard InChI is InChI=1S/C26H33N3O5S/c1-3-35(32,33)24-7-4-19(14-27-24)29-13-10-26(17-29)8-11-28(12-9-26)15-23(30)20-5-6-21-22(18(20)2)16-34-25(21)31/h4-7,14,23,30H,3,8-13,15-17H2,1-2H3. The molecule has 0 aliphatic carbocycles. The topological polar surface area (TPSA) is 100 Å². The van der Waals surface area contributed by atoms with E-state index in [0.29, 0.717) is 12.1 Å². The van der Waals surface area contributed by atoms with Crippen molar-refractivity contribution in [2.24, 2.45) is 5.41 Å². The van der Waals surface area contributed by atoms with Gasteiger partial charge in [0.2, 0.25) is 0 Å². The summed E-state index contributed by atoms with van der Waals surface area (Å²) < 4.78 is 29.2. The van der Waals surface area contributed by atoms with Crippen LogP contribution in [0.5, 0.6) is 0 Å². The predicted molar refractivity (Wildman–Crippen MR) is 132 cm³/mol. The fourth-order valence-corrected chi connectivity index (χ4v) is 6.52. The molecule has 1 spiro atoms. The number of piperidine rings is 1. The zero-order valence-electron chi connectivity index (χ0n) is 20.4. The normalized spacial score (nSPS) is 20.8. The summed E-state index contributed by atoms with van der Waals surface area (Å²) in [6.07, 6.45) is 4.32. The lowest BCUT2D eigenvalue weighted by Gasteiger charge is -2.40. The van der Waals surface area contributed by atoms with E-state index < -0.39 is 15.9 Å². The molecule has 9 heteroatoms. The van der Waals surface area contributed by atoms with Gasteiger partial charge in [0.05, 0.1) is 29.3 Å². The number of cyclic esters (lactones) is 1. The van der Waals surface area contributed by atoms with Gasteiger partial charge in [-0.15, -0.1) is 0 Å². The summed E-state index contributed by atoms with van der Waals surface area (Å²) in [5, 5.41) is 11.1. The van der Waals surface area contributed by atoms with Gasteiger partial charge < -0.3 is 19.6 Å². The van der Waals surface area contributed by atoms with Gasteiger partial charge in [-0.05, 0) is 74.0 Å². The molecule has 1 atom stereocenters. The van der Waals surface area contributed by atoms with Crippen molar-refractivity contribution in [1.29, 1.82) is 0 Å². The number of hydrogen-bond acceptors (Lipinski definition) is 8. The largest absolute Gasteiger partial charge is 0.457 e. The van der Waals surface area contributed by atoms with Crippen molar-refractivity contribution in [3.63, 3.8) is 0 Å².